The van der Waals surface area contributed by atoms with E-state index >= 15 is 0 Å². The number of pyridine rings is 1. The SMILES string of the molecule is CCCCOc1ncccc1CN=C(N)Nc1cc(OCC)ccc1OCC. The lowest BCUT2D eigenvalue weighted by Gasteiger charge is -2.14. The highest BCUT2D eigenvalue weighted by Gasteiger charge is 2.08. The molecule has 0 aliphatic rings. The molecule has 0 fully saturated rings. The van der Waals surface area contributed by atoms with Crippen molar-refractivity contribution in [1.29, 1.82) is 0 Å². The Morgan fingerprint density at radius 2 is 1.93 bits per heavy atom. The maximum Gasteiger partial charge on any atom is 0.218 e. The number of aliphatic imine (C=N–C) groups is 1. The molecule has 1 heterocycles. The van der Waals surface area contributed by atoms with E-state index in [0.29, 0.717) is 43.7 Å². The van der Waals surface area contributed by atoms with E-state index in [1.807, 2.05) is 44.2 Å². The molecule has 0 radical (unpaired) electrons. The zero-order chi connectivity index (χ0) is 20.2. The van der Waals surface area contributed by atoms with Gasteiger partial charge in [-0.3, -0.25) is 0 Å². The van der Waals surface area contributed by atoms with Crippen molar-refractivity contribution in [1.82, 2.24) is 4.98 Å². The minimum absolute atomic E-state index is 0.276. The van der Waals surface area contributed by atoms with Crippen LogP contribution in [0.15, 0.2) is 41.5 Å². The third-order valence-corrected chi connectivity index (χ3v) is 3.83. The number of hydrogen-bond acceptors (Lipinski definition) is 5. The average molecular weight is 386 g/mol. The fourth-order valence-electron chi connectivity index (χ4n) is 2.48. The van der Waals surface area contributed by atoms with E-state index in [4.69, 9.17) is 19.9 Å². The molecule has 0 aliphatic carbocycles. The summed E-state index contributed by atoms with van der Waals surface area (Å²) in [5, 5.41) is 3.10. The monoisotopic (exact) mass is 386 g/mol. The van der Waals surface area contributed by atoms with Crippen LogP contribution in [0.1, 0.15) is 39.2 Å². The molecule has 1 aromatic heterocycles. The standard InChI is InChI=1S/C21H30N4O3/c1-4-7-13-28-20-16(9-8-12-23-20)15-24-21(22)25-18-14-17(26-5-2)10-11-19(18)27-6-3/h8-12,14H,4-7,13,15H2,1-3H3,(H3,22,24,25). The molecule has 0 unspecified atom stereocenters. The van der Waals surface area contributed by atoms with Crippen LogP contribution < -0.4 is 25.3 Å². The summed E-state index contributed by atoms with van der Waals surface area (Å²) in [5.74, 6) is 2.30. The van der Waals surface area contributed by atoms with Crippen LogP contribution in [-0.2, 0) is 6.54 Å². The Hall–Kier alpha value is -2.96. The van der Waals surface area contributed by atoms with Gasteiger partial charge in [0.1, 0.15) is 11.5 Å². The number of nitrogens with zero attached hydrogens (tertiary/aromatic N) is 2. The summed E-state index contributed by atoms with van der Waals surface area (Å²) in [5.41, 5.74) is 7.69. The van der Waals surface area contributed by atoms with Gasteiger partial charge in [-0.25, -0.2) is 9.98 Å². The first kappa shape index (κ1) is 21.3. The van der Waals surface area contributed by atoms with Gasteiger partial charge in [0, 0.05) is 17.8 Å². The third-order valence-electron chi connectivity index (χ3n) is 3.83. The Morgan fingerprint density at radius 1 is 1.11 bits per heavy atom. The predicted molar refractivity (Wildman–Crippen MR) is 112 cm³/mol. The highest BCUT2D eigenvalue weighted by molar-refractivity contribution is 5.94. The quantitative estimate of drug-likeness (QED) is 0.345. The molecule has 0 amide bonds. The minimum atomic E-state index is 0.276. The lowest BCUT2D eigenvalue weighted by molar-refractivity contribution is 0.294. The predicted octanol–water partition coefficient (Wildman–Crippen LogP) is 3.98. The Labute approximate surface area is 166 Å². The summed E-state index contributed by atoms with van der Waals surface area (Å²) >= 11 is 0. The number of aromatic nitrogens is 1. The Kier molecular flexibility index (Phi) is 8.91. The third kappa shape index (κ3) is 6.64. The number of benzene rings is 1. The van der Waals surface area contributed by atoms with Crippen molar-refractivity contribution in [3.63, 3.8) is 0 Å². The highest BCUT2D eigenvalue weighted by atomic mass is 16.5. The van der Waals surface area contributed by atoms with Gasteiger partial charge in [-0.15, -0.1) is 0 Å². The van der Waals surface area contributed by atoms with Gasteiger partial charge in [-0.1, -0.05) is 19.4 Å². The van der Waals surface area contributed by atoms with E-state index in [1.54, 1.807) is 6.20 Å². The van der Waals surface area contributed by atoms with E-state index in [1.165, 1.54) is 0 Å². The number of unbranched alkanes of at least 4 members (excludes halogenated alkanes) is 1. The Bertz CT molecular complexity index is 765. The van der Waals surface area contributed by atoms with Gasteiger partial charge in [0.2, 0.25) is 5.88 Å². The molecule has 0 saturated heterocycles. The number of anilines is 1. The molecule has 1 aromatic carbocycles. The minimum Gasteiger partial charge on any atom is -0.494 e. The Morgan fingerprint density at radius 3 is 2.68 bits per heavy atom. The van der Waals surface area contributed by atoms with Crippen molar-refractivity contribution in [2.24, 2.45) is 10.7 Å². The van der Waals surface area contributed by atoms with Gasteiger partial charge < -0.3 is 25.3 Å². The van der Waals surface area contributed by atoms with Crippen LogP contribution in [0, 0.1) is 0 Å². The molecule has 0 bridgehead atoms. The van der Waals surface area contributed by atoms with Crippen molar-refractivity contribution < 1.29 is 14.2 Å². The molecule has 152 valence electrons. The van der Waals surface area contributed by atoms with Gasteiger partial charge in [-0.05, 0) is 38.5 Å². The summed E-state index contributed by atoms with van der Waals surface area (Å²) in [6.07, 6.45) is 3.77. The zero-order valence-electron chi connectivity index (χ0n) is 16.9. The van der Waals surface area contributed by atoms with E-state index in [2.05, 4.69) is 22.2 Å². The first-order chi connectivity index (χ1) is 13.7. The first-order valence-electron chi connectivity index (χ1n) is 9.71. The molecule has 0 atom stereocenters. The zero-order valence-corrected chi connectivity index (χ0v) is 16.9. The molecule has 2 aromatic rings. The summed E-state index contributed by atoms with van der Waals surface area (Å²) in [6, 6.07) is 9.36. The van der Waals surface area contributed by atoms with Crippen LogP contribution >= 0.6 is 0 Å². The van der Waals surface area contributed by atoms with Gasteiger partial charge in [0.15, 0.2) is 5.96 Å². The number of nitrogens with two attached hydrogens (primary N) is 1. The van der Waals surface area contributed by atoms with Crippen molar-refractivity contribution in [3.8, 4) is 17.4 Å². The molecular formula is C21H30N4O3. The van der Waals surface area contributed by atoms with Gasteiger partial charge >= 0.3 is 0 Å². The smallest absolute Gasteiger partial charge is 0.218 e. The summed E-state index contributed by atoms with van der Waals surface area (Å²) in [7, 11) is 0. The van der Waals surface area contributed by atoms with E-state index < -0.39 is 0 Å². The number of nitrogens with one attached hydrogen (secondary N) is 1. The Balaban J connectivity index is 2.09. The number of guanidine groups is 1. The van der Waals surface area contributed by atoms with Crippen LogP contribution in [0.5, 0.6) is 17.4 Å². The molecule has 7 nitrogen and oxygen atoms in total. The second kappa shape index (κ2) is 11.7. The second-order valence-corrected chi connectivity index (χ2v) is 6.02. The number of ether oxygens (including phenoxy) is 3. The molecule has 0 aliphatic heterocycles. The maximum atomic E-state index is 6.10. The molecule has 0 saturated carbocycles. The van der Waals surface area contributed by atoms with Gasteiger partial charge in [0.25, 0.3) is 0 Å². The van der Waals surface area contributed by atoms with E-state index in [-0.39, 0.29) is 5.96 Å². The fourth-order valence-corrected chi connectivity index (χ4v) is 2.48. The highest BCUT2D eigenvalue weighted by Crippen LogP contribution is 2.29. The molecule has 28 heavy (non-hydrogen) atoms. The van der Waals surface area contributed by atoms with Gasteiger partial charge in [-0.2, -0.15) is 0 Å². The number of hydrogen-bond donors (Lipinski definition) is 2. The average Bonchev–Trinajstić information content (AvgIpc) is 2.70. The lowest BCUT2D eigenvalue weighted by atomic mass is 10.2. The normalized spacial score (nSPS) is 11.2. The van der Waals surface area contributed by atoms with Crippen LogP contribution in [0.25, 0.3) is 0 Å². The van der Waals surface area contributed by atoms with Crippen molar-refractivity contribution >= 4 is 11.6 Å². The maximum absolute atomic E-state index is 6.10. The largest absolute Gasteiger partial charge is 0.494 e. The van der Waals surface area contributed by atoms with E-state index in [9.17, 15) is 0 Å². The molecule has 0 spiro atoms. The molecule has 3 N–H and O–H groups in total. The molecule has 2 rings (SSSR count). The molecular weight excluding hydrogens is 356 g/mol. The lowest BCUT2D eigenvalue weighted by Crippen LogP contribution is -2.23. The van der Waals surface area contributed by atoms with Crippen molar-refractivity contribution in [2.75, 3.05) is 25.1 Å². The van der Waals surface area contributed by atoms with E-state index in [0.717, 1.165) is 24.2 Å². The fraction of sp³-hybridized carbons (Fsp3) is 0.429. The van der Waals surface area contributed by atoms with Crippen molar-refractivity contribution in [3.05, 3.63) is 42.1 Å². The van der Waals surface area contributed by atoms with Gasteiger partial charge in [0.05, 0.1) is 32.1 Å². The van der Waals surface area contributed by atoms with Crippen LogP contribution in [0.3, 0.4) is 0 Å². The summed E-state index contributed by atoms with van der Waals surface area (Å²) < 4.78 is 16.9. The molecule has 7 heteroatoms. The first-order valence-corrected chi connectivity index (χ1v) is 9.71. The van der Waals surface area contributed by atoms with Crippen molar-refractivity contribution in [2.45, 2.75) is 40.2 Å². The van der Waals surface area contributed by atoms with Crippen LogP contribution in [0.2, 0.25) is 0 Å². The van der Waals surface area contributed by atoms with Crippen LogP contribution in [0.4, 0.5) is 5.69 Å². The second-order valence-electron chi connectivity index (χ2n) is 6.02. The summed E-state index contributed by atoms with van der Waals surface area (Å²) in [6.45, 7) is 8.12. The summed E-state index contributed by atoms with van der Waals surface area (Å²) in [4.78, 5) is 8.72. The topological polar surface area (TPSA) is 91.0 Å². The number of rotatable bonds is 11. The van der Waals surface area contributed by atoms with Crippen LogP contribution in [-0.4, -0.2) is 30.8 Å².